The zero-order valence-corrected chi connectivity index (χ0v) is 12.6. The Morgan fingerprint density at radius 1 is 0.800 bits per heavy atom. The van der Waals surface area contributed by atoms with Crippen LogP contribution in [0.3, 0.4) is 0 Å². The standard InChI is InChI=1S/C12H30N2Si/c1-7-13(8-2)11-12-15(5,6)14(9-3)10-4/h7-12H2,1-6H3. The van der Waals surface area contributed by atoms with Crippen molar-refractivity contribution in [3.05, 3.63) is 0 Å². The summed E-state index contributed by atoms with van der Waals surface area (Å²) < 4.78 is 2.69. The molecule has 0 aromatic heterocycles. The largest absolute Gasteiger partial charge is 0.324 e. The van der Waals surface area contributed by atoms with E-state index in [2.05, 4.69) is 50.3 Å². The van der Waals surface area contributed by atoms with Crippen LogP contribution in [0.15, 0.2) is 0 Å². The highest BCUT2D eigenvalue weighted by Gasteiger charge is 2.27. The van der Waals surface area contributed by atoms with Crippen LogP contribution < -0.4 is 0 Å². The minimum absolute atomic E-state index is 1.14. The van der Waals surface area contributed by atoms with Crippen molar-refractivity contribution in [1.82, 2.24) is 9.47 Å². The van der Waals surface area contributed by atoms with Crippen LogP contribution in [0.25, 0.3) is 0 Å². The average molecular weight is 230 g/mol. The van der Waals surface area contributed by atoms with Gasteiger partial charge in [0, 0.05) is 0 Å². The Bertz CT molecular complexity index is 152. The Hall–Kier alpha value is 0.137. The molecule has 0 aliphatic rings. The van der Waals surface area contributed by atoms with E-state index in [9.17, 15) is 0 Å². The van der Waals surface area contributed by atoms with E-state index in [-0.39, 0.29) is 0 Å². The first kappa shape index (κ1) is 15.1. The summed E-state index contributed by atoms with van der Waals surface area (Å²) in [5, 5.41) is 0. The smallest absolute Gasteiger partial charge is 0.123 e. The first-order chi connectivity index (χ1) is 7.01. The number of rotatable bonds is 8. The molecule has 0 N–H and O–H groups in total. The molecular formula is C12H30N2Si. The SMILES string of the molecule is CCN(CC)CC[Si](C)(C)N(CC)CC. The number of nitrogens with zero attached hydrogens (tertiary/aromatic N) is 2. The second-order valence-corrected chi connectivity index (χ2v) is 9.52. The van der Waals surface area contributed by atoms with E-state index in [0.29, 0.717) is 0 Å². The number of hydrogen-bond acceptors (Lipinski definition) is 2. The van der Waals surface area contributed by atoms with Crippen LogP contribution in [0.5, 0.6) is 0 Å². The summed E-state index contributed by atoms with van der Waals surface area (Å²) >= 11 is 0. The maximum atomic E-state index is 2.69. The third kappa shape index (κ3) is 5.14. The Morgan fingerprint density at radius 2 is 1.27 bits per heavy atom. The van der Waals surface area contributed by atoms with Gasteiger partial charge in [-0.3, -0.25) is 0 Å². The van der Waals surface area contributed by atoms with Gasteiger partial charge in [0.1, 0.15) is 8.24 Å². The minimum atomic E-state index is -1.14. The van der Waals surface area contributed by atoms with E-state index >= 15 is 0 Å². The lowest BCUT2D eigenvalue weighted by atomic mass is 10.5. The first-order valence-electron chi connectivity index (χ1n) is 6.49. The Balaban J connectivity index is 4.11. The fourth-order valence-corrected chi connectivity index (χ4v) is 5.10. The van der Waals surface area contributed by atoms with Crippen molar-refractivity contribution in [1.29, 1.82) is 0 Å². The third-order valence-corrected chi connectivity index (χ3v) is 7.35. The van der Waals surface area contributed by atoms with Gasteiger partial charge in [0.2, 0.25) is 0 Å². The van der Waals surface area contributed by atoms with Crippen LogP contribution in [-0.2, 0) is 0 Å². The molecule has 0 rings (SSSR count). The van der Waals surface area contributed by atoms with E-state index in [1.54, 1.807) is 0 Å². The van der Waals surface area contributed by atoms with Gasteiger partial charge in [-0.15, -0.1) is 0 Å². The Labute approximate surface area is 97.7 Å². The fourth-order valence-electron chi connectivity index (χ4n) is 2.21. The van der Waals surface area contributed by atoms with Gasteiger partial charge in [-0.2, -0.15) is 0 Å². The van der Waals surface area contributed by atoms with Crippen molar-refractivity contribution in [2.45, 2.75) is 46.8 Å². The molecule has 0 amide bonds. The third-order valence-electron chi connectivity index (χ3n) is 3.55. The Morgan fingerprint density at radius 3 is 1.60 bits per heavy atom. The lowest BCUT2D eigenvalue weighted by molar-refractivity contribution is 0.315. The monoisotopic (exact) mass is 230 g/mol. The molecule has 0 aromatic carbocycles. The molecule has 0 aliphatic heterocycles. The van der Waals surface area contributed by atoms with Crippen LogP contribution >= 0.6 is 0 Å². The zero-order chi connectivity index (χ0) is 11.9. The molecule has 3 heteroatoms. The molecule has 0 spiro atoms. The molecule has 0 saturated carbocycles. The van der Waals surface area contributed by atoms with Crippen LogP contribution in [0.4, 0.5) is 0 Å². The summed E-state index contributed by atoms with van der Waals surface area (Å²) in [6, 6.07) is 1.40. The molecule has 92 valence electrons. The van der Waals surface area contributed by atoms with Crippen molar-refractivity contribution in [3.8, 4) is 0 Å². The maximum Gasteiger partial charge on any atom is 0.123 e. The fraction of sp³-hybridized carbons (Fsp3) is 1.00. The molecule has 0 atom stereocenters. The van der Waals surface area contributed by atoms with Crippen molar-refractivity contribution < 1.29 is 0 Å². The highest BCUT2D eigenvalue weighted by atomic mass is 28.3. The zero-order valence-electron chi connectivity index (χ0n) is 11.6. The predicted molar refractivity (Wildman–Crippen MR) is 73.0 cm³/mol. The molecule has 0 unspecified atom stereocenters. The van der Waals surface area contributed by atoms with Crippen molar-refractivity contribution in [3.63, 3.8) is 0 Å². The van der Waals surface area contributed by atoms with Gasteiger partial charge in [-0.05, 0) is 38.8 Å². The van der Waals surface area contributed by atoms with Gasteiger partial charge in [0.05, 0.1) is 0 Å². The van der Waals surface area contributed by atoms with Crippen molar-refractivity contribution in [2.75, 3.05) is 32.7 Å². The quantitative estimate of drug-likeness (QED) is 0.592. The average Bonchev–Trinajstić information content (AvgIpc) is 2.20. The van der Waals surface area contributed by atoms with Gasteiger partial charge in [0.25, 0.3) is 0 Å². The van der Waals surface area contributed by atoms with E-state index in [0.717, 1.165) is 0 Å². The van der Waals surface area contributed by atoms with Gasteiger partial charge in [0.15, 0.2) is 0 Å². The summed E-state index contributed by atoms with van der Waals surface area (Å²) in [6.07, 6.45) is 0. The molecule has 0 bridgehead atoms. The topological polar surface area (TPSA) is 6.48 Å². The summed E-state index contributed by atoms with van der Waals surface area (Å²) in [4.78, 5) is 2.54. The van der Waals surface area contributed by atoms with Gasteiger partial charge >= 0.3 is 0 Å². The van der Waals surface area contributed by atoms with Crippen molar-refractivity contribution >= 4 is 8.24 Å². The van der Waals surface area contributed by atoms with Crippen LogP contribution in [0.2, 0.25) is 19.1 Å². The molecule has 0 heterocycles. The van der Waals surface area contributed by atoms with Crippen LogP contribution in [-0.4, -0.2) is 50.4 Å². The van der Waals surface area contributed by atoms with Crippen molar-refractivity contribution in [2.24, 2.45) is 0 Å². The first-order valence-corrected chi connectivity index (χ1v) is 9.64. The van der Waals surface area contributed by atoms with Gasteiger partial charge in [-0.25, -0.2) is 0 Å². The van der Waals surface area contributed by atoms with Gasteiger partial charge in [-0.1, -0.05) is 40.8 Å². The molecule has 15 heavy (non-hydrogen) atoms. The second-order valence-electron chi connectivity index (χ2n) is 4.76. The van der Waals surface area contributed by atoms with Crippen LogP contribution in [0.1, 0.15) is 27.7 Å². The highest BCUT2D eigenvalue weighted by molar-refractivity contribution is 6.74. The van der Waals surface area contributed by atoms with Gasteiger partial charge < -0.3 is 9.47 Å². The summed E-state index contributed by atoms with van der Waals surface area (Å²) in [5.41, 5.74) is 0. The molecule has 0 radical (unpaired) electrons. The van der Waals surface area contributed by atoms with E-state index in [1.807, 2.05) is 0 Å². The second kappa shape index (κ2) is 7.42. The normalized spacial score (nSPS) is 12.8. The predicted octanol–water partition coefficient (Wildman–Crippen LogP) is 2.88. The van der Waals surface area contributed by atoms with E-state index in [4.69, 9.17) is 0 Å². The van der Waals surface area contributed by atoms with E-state index in [1.165, 1.54) is 38.8 Å². The Kier molecular flexibility index (Phi) is 7.48. The lowest BCUT2D eigenvalue weighted by Crippen LogP contribution is -2.50. The highest BCUT2D eigenvalue weighted by Crippen LogP contribution is 2.15. The lowest BCUT2D eigenvalue weighted by Gasteiger charge is -2.36. The summed E-state index contributed by atoms with van der Waals surface area (Å²) in [6.45, 7) is 20.2. The summed E-state index contributed by atoms with van der Waals surface area (Å²) in [7, 11) is -1.14. The van der Waals surface area contributed by atoms with Crippen LogP contribution in [0, 0.1) is 0 Å². The minimum Gasteiger partial charge on any atom is -0.324 e. The molecule has 0 aromatic rings. The molecule has 0 fully saturated rings. The maximum absolute atomic E-state index is 2.69. The molecule has 0 saturated heterocycles. The number of hydrogen-bond donors (Lipinski definition) is 0. The molecule has 2 nitrogen and oxygen atoms in total. The molecule has 0 aliphatic carbocycles. The molecular weight excluding hydrogens is 200 g/mol. The summed E-state index contributed by atoms with van der Waals surface area (Å²) in [5.74, 6) is 0. The van der Waals surface area contributed by atoms with E-state index < -0.39 is 8.24 Å².